The molecule has 60 valence electrons. The molecule has 0 radical (unpaired) electrons. The van der Waals surface area contributed by atoms with Crippen molar-refractivity contribution < 1.29 is 9.53 Å². The van der Waals surface area contributed by atoms with Crippen molar-refractivity contribution in [1.82, 2.24) is 0 Å². The van der Waals surface area contributed by atoms with Gasteiger partial charge in [0.25, 0.3) is 0 Å². The molecule has 5 nitrogen and oxygen atoms in total. The van der Waals surface area contributed by atoms with Crippen molar-refractivity contribution in [3.05, 3.63) is 10.4 Å². The van der Waals surface area contributed by atoms with E-state index in [2.05, 4.69) is 10.0 Å². The summed E-state index contributed by atoms with van der Waals surface area (Å²) < 4.78 is 4.73. The van der Waals surface area contributed by atoms with E-state index in [-0.39, 0.29) is 5.41 Å². The van der Waals surface area contributed by atoms with Crippen LogP contribution in [0.1, 0.15) is 13.8 Å². The van der Waals surface area contributed by atoms with Gasteiger partial charge in [-0.2, -0.15) is 0 Å². The highest BCUT2D eigenvalue weighted by Crippen LogP contribution is 2.30. The molecule has 1 atom stereocenters. The van der Waals surface area contributed by atoms with Gasteiger partial charge >= 0.3 is 5.97 Å². The second-order valence-electron chi connectivity index (χ2n) is 3.20. The molecule has 1 aliphatic heterocycles. The predicted octanol–water partition coefficient (Wildman–Crippen LogP) is 1.25. The molecule has 0 amide bonds. The first-order chi connectivity index (χ1) is 5.08. The summed E-state index contributed by atoms with van der Waals surface area (Å²) in [5.41, 5.74) is 7.77. The van der Waals surface area contributed by atoms with Crippen LogP contribution >= 0.6 is 0 Å². The summed E-state index contributed by atoms with van der Waals surface area (Å²) in [5.74, 6) is -0.423. The van der Waals surface area contributed by atoms with Crippen molar-refractivity contribution in [1.29, 1.82) is 0 Å². The highest BCUT2D eigenvalue weighted by atomic mass is 16.5. The van der Waals surface area contributed by atoms with E-state index >= 15 is 0 Å². The summed E-state index contributed by atoms with van der Waals surface area (Å²) in [5, 5.41) is 3.36. The Morgan fingerprint density at radius 1 is 1.82 bits per heavy atom. The molecule has 0 aromatic carbocycles. The summed E-state index contributed by atoms with van der Waals surface area (Å²) >= 11 is 0. The second-order valence-corrected chi connectivity index (χ2v) is 3.20. The van der Waals surface area contributed by atoms with Crippen LogP contribution in [0.15, 0.2) is 5.11 Å². The van der Waals surface area contributed by atoms with Crippen LogP contribution in [0.2, 0.25) is 0 Å². The molecular formula is C6H9N3O2. The molecular weight excluding hydrogens is 146 g/mol. The fourth-order valence-electron chi connectivity index (χ4n) is 0.989. The lowest BCUT2D eigenvalue weighted by Gasteiger charge is -2.16. The van der Waals surface area contributed by atoms with Crippen LogP contribution in [0.25, 0.3) is 10.4 Å². The Balaban J connectivity index is 2.88. The molecule has 0 saturated carbocycles. The van der Waals surface area contributed by atoms with Crippen molar-refractivity contribution >= 4 is 5.97 Å². The first kappa shape index (κ1) is 7.88. The van der Waals surface area contributed by atoms with Gasteiger partial charge in [-0.1, -0.05) is 19.0 Å². The van der Waals surface area contributed by atoms with Gasteiger partial charge in [0.1, 0.15) is 6.04 Å². The van der Waals surface area contributed by atoms with Crippen LogP contribution in [-0.4, -0.2) is 18.6 Å². The van der Waals surface area contributed by atoms with Gasteiger partial charge in [-0.25, -0.2) is 0 Å². The number of azide groups is 1. The third-order valence-electron chi connectivity index (χ3n) is 1.72. The highest BCUT2D eigenvalue weighted by molar-refractivity contribution is 5.79. The monoisotopic (exact) mass is 155 g/mol. The summed E-state index contributed by atoms with van der Waals surface area (Å²) in [6.07, 6.45) is 0. The Morgan fingerprint density at radius 2 is 2.45 bits per heavy atom. The lowest BCUT2D eigenvalue weighted by atomic mass is 9.88. The zero-order chi connectivity index (χ0) is 8.48. The van der Waals surface area contributed by atoms with E-state index in [1.54, 1.807) is 0 Å². The van der Waals surface area contributed by atoms with Crippen molar-refractivity contribution in [3.8, 4) is 0 Å². The summed E-state index contributed by atoms with van der Waals surface area (Å²) in [7, 11) is 0. The Morgan fingerprint density at radius 3 is 2.82 bits per heavy atom. The number of hydrogen-bond acceptors (Lipinski definition) is 3. The number of rotatable bonds is 1. The molecule has 0 aromatic rings. The lowest BCUT2D eigenvalue weighted by Crippen LogP contribution is -2.27. The fraction of sp³-hybridized carbons (Fsp3) is 0.833. The number of carbonyl (C=O) groups is 1. The molecule has 1 heterocycles. The number of hydrogen-bond donors (Lipinski definition) is 0. The summed E-state index contributed by atoms with van der Waals surface area (Å²) in [4.78, 5) is 13.5. The van der Waals surface area contributed by atoms with Gasteiger partial charge in [0.15, 0.2) is 0 Å². The molecule has 5 heteroatoms. The smallest absolute Gasteiger partial charge is 0.315 e. The van der Waals surface area contributed by atoms with Crippen LogP contribution in [0.3, 0.4) is 0 Å². The van der Waals surface area contributed by atoms with Crippen LogP contribution in [0, 0.1) is 5.41 Å². The van der Waals surface area contributed by atoms with Gasteiger partial charge in [0, 0.05) is 10.3 Å². The van der Waals surface area contributed by atoms with Gasteiger partial charge in [0.2, 0.25) is 0 Å². The van der Waals surface area contributed by atoms with E-state index in [1.165, 1.54) is 0 Å². The number of nitrogens with zero attached hydrogens (tertiary/aromatic N) is 3. The molecule has 0 unspecified atom stereocenters. The maximum Gasteiger partial charge on any atom is 0.315 e. The summed E-state index contributed by atoms with van der Waals surface area (Å²) in [6.45, 7) is 3.99. The first-order valence-corrected chi connectivity index (χ1v) is 3.29. The van der Waals surface area contributed by atoms with Crippen molar-refractivity contribution in [2.24, 2.45) is 10.5 Å². The highest BCUT2D eigenvalue weighted by Gasteiger charge is 2.42. The molecule has 1 fully saturated rings. The molecule has 0 aliphatic carbocycles. The number of carbonyl (C=O) groups excluding carboxylic acids is 1. The summed E-state index contributed by atoms with van der Waals surface area (Å²) in [6, 6.07) is -0.660. The quantitative estimate of drug-likeness (QED) is 0.247. The first-order valence-electron chi connectivity index (χ1n) is 3.29. The number of cyclic esters (lactones) is 1. The zero-order valence-corrected chi connectivity index (χ0v) is 6.44. The van der Waals surface area contributed by atoms with Gasteiger partial charge in [-0.05, 0) is 5.53 Å². The van der Waals surface area contributed by atoms with Crippen molar-refractivity contribution in [2.45, 2.75) is 19.9 Å². The van der Waals surface area contributed by atoms with Crippen LogP contribution < -0.4 is 0 Å². The van der Waals surface area contributed by atoms with E-state index in [0.717, 1.165) is 0 Å². The maximum atomic E-state index is 10.9. The zero-order valence-electron chi connectivity index (χ0n) is 6.44. The van der Waals surface area contributed by atoms with Crippen molar-refractivity contribution in [3.63, 3.8) is 0 Å². The Labute approximate surface area is 64.0 Å². The van der Waals surface area contributed by atoms with E-state index in [0.29, 0.717) is 6.61 Å². The minimum Gasteiger partial charge on any atom is -0.465 e. The van der Waals surface area contributed by atoms with Crippen LogP contribution in [0.5, 0.6) is 0 Å². The van der Waals surface area contributed by atoms with Gasteiger partial charge in [-0.3, -0.25) is 4.79 Å². The average molecular weight is 155 g/mol. The molecule has 0 N–H and O–H groups in total. The molecule has 0 spiro atoms. The van der Waals surface area contributed by atoms with E-state index in [1.807, 2.05) is 13.8 Å². The Kier molecular flexibility index (Phi) is 1.74. The molecule has 1 saturated heterocycles. The normalized spacial score (nSPS) is 27.5. The fourth-order valence-corrected chi connectivity index (χ4v) is 0.989. The minimum absolute atomic E-state index is 0.329. The van der Waals surface area contributed by atoms with Gasteiger partial charge in [-0.15, -0.1) is 0 Å². The van der Waals surface area contributed by atoms with Crippen molar-refractivity contribution in [2.75, 3.05) is 6.61 Å². The molecule has 11 heavy (non-hydrogen) atoms. The Hall–Kier alpha value is -1.22. The molecule has 0 aromatic heterocycles. The maximum absolute atomic E-state index is 10.9. The molecule has 1 aliphatic rings. The largest absolute Gasteiger partial charge is 0.465 e. The topological polar surface area (TPSA) is 75.1 Å². The number of ether oxygens (including phenoxy) is 1. The second kappa shape index (κ2) is 2.43. The Bertz CT molecular complexity index is 230. The lowest BCUT2D eigenvalue weighted by molar-refractivity contribution is -0.138. The minimum atomic E-state index is -0.660. The van der Waals surface area contributed by atoms with E-state index in [9.17, 15) is 4.79 Å². The average Bonchev–Trinajstić information content (AvgIpc) is 2.16. The third kappa shape index (κ3) is 1.28. The van der Waals surface area contributed by atoms with Crippen LogP contribution in [0.4, 0.5) is 0 Å². The molecule has 0 bridgehead atoms. The van der Waals surface area contributed by atoms with E-state index in [4.69, 9.17) is 10.3 Å². The predicted molar refractivity (Wildman–Crippen MR) is 37.7 cm³/mol. The van der Waals surface area contributed by atoms with Crippen LogP contribution in [-0.2, 0) is 9.53 Å². The number of esters is 1. The molecule has 1 rings (SSSR count). The third-order valence-corrected chi connectivity index (χ3v) is 1.72. The standard InChI is InChI=1S/C6H9N3O2/c1-6(2)3-11-5(10)4(6)8-9-7/h4H,3H2,1-2H3/t4-/m0/s1. The SMILES string of the molecule is CC1(C)COC(=O)[C@@H]1N=[N+]=[N-]. The van der Waals surface area contributed by atoms with Gasteiger partial charge in [0.05, 0.1) is 6.61 Å². The van der Waals surface area contributed by atoms with Gasteiger partial charge < -0.3 is 4.74 Å². The van der Waals surface area contributed by atoms with E-state index < -0.39 is 12.0 Å².